The molecular formula is C9H11N. The zero-order valence-electron chi connectivity index (χ0n) is 6.01. The van der Waals surface area contributed by atoms with E-state index in [0.29, 0.717) is 13.1 Å². The fourth-order valence-corrected chi connectivity index (χ4v) is 0.626. The van der Waals surface area contributed by atoms with Crippen molar-refractivity contribution in [2.24, 2.45) is 0 Å². The summed E-state index contributed by atoms with van der Waals surface area (Å²) in [5.74, 6) is 5.04. The summed E-state index contributed by atoms with van der Waals surface area (Å²) in [6.07, 6.45) is 12.0. The minimum absolute atomic E-state index is 0.593. The lowest BCUT2D eigenvalue weighted by atomic mass is 10.4. The van der Waals surface area contributed by atoms with Gasteiger partial charge in [-0.25, -0.2) is 0 Å². The quantitative estimate of drug-likeness (QED) is 0.404. The van der Waals surface area contributed by atoms with Gasteiger partial charge in [-0.3, -0.25) is 4.90 Å². The average Bonchev–Trinajstić information content (AvgIpc) is 1.90. The second-order valence-electron chi connectivity index (χ2n) is 1.87. The summed E-state index contributed by atoms with van der Waals surface area (Å²) in [7, 11) is 0. The van der Waals surface area contributed by atoms with Gasteiger partial charge in [0.2, 0.25) is 0 Å². The van der Waals surface area contributed by atoms with Crippen molar-refractivity contribution in [3.63, 3.8) is 0 Å². The Hall–Kier alpha value is -1.18. The molecule has 0 aromatic heterocycles. The molecule has 0 bridgehead atoms. The van der Waals surface area contributed by atoms with E-state index in [4.69, 9.17) is 12.8 Å². The molecule has 0 saturated heterocycles. The van der Waals surface area contributed by atoms with Crippen LogP contribution >= 0.6 is 0 Å². The summed E-state index contributed by atoms with van der Waals surface area (Å²) in [5, 5.41) is 0. The summed E-state index contributed by atoms with van der Waals surface area (Å²) in [5.41, 5.74) is 0. The molecular weight excluding hydrogens is 122 g/mol. The third-order valence-corrected chi connectivity index (χ3v) is 1.02. The van der Waals surface area contributed by atoms with Crippen LogP contribution in [0.25, 0.3) is 0 Å². The van der Waals surface area contributed by atoms with Crippen molar-refractivity contribution in [1.29, 1.82) is 0 Å². The Kier molecular flexibility index (Phi) is 5.25. The van der Waals surface area contributed by atoms with E-state index in [-0.39, 0.29) is 0 Å². The summed E-state index contributed by atoms with van der Waals surface area (Å²) < 4.78 is 0. The first-order chi connectivity index (χ1) is 4.85. The molecule has 1 heteroatoms. The Morgan fingerprint density at radius 2 is 1.80 bits per heavy atom. The number of nitrogens with zero attached hydrogens (tertiary/aromatic N) is 1. The molecule has 0 aromatic carbocycles. The molecule has 52 valence electrons. The maximum absolute atomic E-state index is 5.10. The fraction of sp³-hybridized carbons (Fsp3) is 0.333. The van der Waals surface area contributed by atoms with Gasteiger partial charge in [0.25, 0.3) is 0 Å². The number of hydrogen-bond acceptors (Lipinski definition) is 1. The van der Waals surface area contributed by atoms with Gasteiger partial charge < -0.3 is 0 Å². The Morgan fingerprint density at radius 1 is 1.30 bits per heavy atom. The number of terminal acetylenes is 2. The average molecular weight is 133 g/mol. The smallest absolute Gasteiger partial charge is 0.0610 e. The lowest BCUT2D eigenvalue weighted by Crippen LogP contribution is -2.24. The van der Waals surface area contributed by atoms with Gasteiger partial charge in [-0.15, -0.1) is 19.4 Å². The first kappa shape index (κ1) is 8.82. The molecule has 0 aliphatic rings. The Labute approximate surface area is 62.7 Å². The summed E-state index contributed by atoms with van der Waals surface area (Å²) in [6, 6.07) is 0. The van der Waals surface area contributed by atoms with Crippen molar-refractivity contribution in [2.45, 2.75) is 0 Å². The molecule has 0 radical (unpaired) electrons. The molecule has 0 unspecified atom stereocenters. The van der Waals surface area contributed by atoms with Gasteiger partial charge in [-0.1, -0.05) is 17.9 Å². The second kappa shape index (κ2) is 5.95. The molecule has 0 spiro atoms. The molecule has 1 nitrogen and oxygen atoms in total. The van der Waals surface area contributed by atoms with E-state index in [9.17, 15) is 0 Å². The Bertz CT molecular complexity index is 152. The summed E-state index contributed by atoms with van der Waals surface area (Å²) in [6.45, 7) is 5.53. The zero-order chi connectivity index (χ0) is 7.82. The Morgan fingerprint density at radius 3 is 2.10 bits per heavy atom. The third kappa shape index (κ3) is 3.78. The van der Waals surface area contributed by atoms with E-state index >= 15 is 0 Å². The van der Waals surface area contributed by atoms with Gasteiger partial charge in [0.15, 0.2) is 0 Å². The predicted octanol–water partition coefficient (Wildman–Crippen LogP) is 0.741. The van der Waals surface area contributed by atoms with Crippen LogP contribution in [0.1, 0.15) is 0 Å². The zero-order valence-corrected chi connectivity index (χ0v) is 6.01. The number of rotatable bonds is 4. The normalized spacial score (nSPS) is 8.30. The molecule has 0 rings (SSSR count). The van der Waals surface area contributed by atoms with Crippen LogP contribution in [-0.2, 0) is 0 Å². The van der Waals surface area contributed by atoms with Crippen LogP contribution in [0, 0.1) is 24.7 Å². The highest BCUT2D eigenvalue weighted by Crippen LogP contribution is 1.84. The highest BCUT2D eigenvalue weighted by atomic mass is 15.1. The molecule has 0 saturated carbocycles. The fourth-order valence-electron chi connectivity index (χ4n) is 0.626. The molecule has 0 fully saturated rings. The van der Waals surface area contributed by atoms with Crippen molar-refractivity contribution >= 4 is 0 Å². The molecule has 0 amide bonds. The molecule has 0 aromatic rings. The van der Waals surface area contributed by atoms with Crippen LogP contribution < -0.4 is 0 Å². The van der Waals surface area contributed by atoms with Crippen LogP contribution in [0.5, 0.6) is 0 Å². The van der Waals surface area contributed by atoms with Gasteiger partial charge in [-0.2, -0.15) is 0 Å². The van der Waals surface area contributed by atoms with E-state index < -0.39 is 0 Å². The van der Waals surface area contributed by atoms with Gasteiger partial charge in [0.1, 0.15) is 0 Å². The largest absolute Gasteiger partial charge is 0.278 e. The lowest BCUT2D eigenvalue weighted by molar-refractivity contribution is 0.385. The minimum Gasteiger partial charge on any atom is -0.278 e. The van der Waals surface area contributed by atoms with Crippen molar-refractivity contribution in [3.05, 3.63) is 12.7 Å². The van der Waals surface area contributed by atoms with Crippen LogP contribution in [0.3, 0.4) is 0 Å². The third-order valence-electron chi connectivity index (χ3n) is 1.02. The summed E-state index contributed by atoms with van der Waals surface area (Å²) >= 11 is 0. The maximum atomic E-state index is 5.10. The highest BCUT2D eigenvalue weighted by Gasteiger charge is 1.95. The van der Waals surface area contributed by atoms with Gasteiger partial charge in [-0.05, 0) is 0 Å². The van der Waals surface area contributed by atoms with Crippen LogP contribution in [0.4, 0.5) is 0 Å². The van der Waals surface area contributed by atoms with E-state index in [1.807, 2.05) is 4.90 Å². The second-order valence-corrected chi connectivity index (χ2v) is 1.87. The van der Waals surface area contributed by atoms with Crippen molar-refractivity contribution < 1.29 is 0 Å². The minimum atomic E-state index is 0.593. The van der Waals surface area contributed by atoms with E-state index in [1.54, 1.807) is 6.08 Å². The van der Waals surface area contributed by atoms with Gasteiger partial charge in [0.05, 0.1) is 13.1 Å². The van der Waals surface area contributed by atoms with Crippen molar-refractivity contribution in [2.75, 3.05) is 19.6 Å². The van der Waals surface area contributed by atoms with Gasteiger partial charge >= 0.3 is 0 Å². The molecule has 0 heterocycles. The Balaban J connectivity index is 3.65. The van der Waals surface area contributed by atoms with Crippen molar-refractivity contribution in [3.8, 4) is 24.7 Å². The highest BCUT2D eigenvalue weighted by molar-refractivity contribution is 4.96. The standard InChI is InChI=1S/C9H11N/c1-4-7-10(8-5-2)9-6-3/h1-2,6H,3,7-9H2. The number of hydrogen-bond donors (Lipinski definition) is 0. The molecule has 10 heavy (non-hydrogen) atoms. The van der Waals surface area contributed by atoms with Crippen LogP contribution in [-0.4, -0.2) is 24.5 Å². The predicted molar refractivity (Wildman–Crippen MR) is 44.3 cm³/mol. The van der Waals surface area contributed by atoms with Crippen molar-refractivity contribution in [1.82, 2.24) is 4.90 Å². The summed E-state index contributed by atoms with van der Waals surface area (Å²) in [4.78, 5) is 1.95. The van der Waals surface area contributed by atoms with E-state index in [0.717, 1.165) is 6.54 Å². The SMILES string of the molecule is C#CCN(CC#C)CC=C. The topological polar surface area (TPSA) is 3.24 Å². The molecule has 0 N–H and O–H groups in total. The maximum Gasteiger partial charge on any atom is 0.0610 e. The first-order valence-corrected chi connectivity index (χ1v) is 3.05. The molecule has 0 atom stereocenters. The monoisotopic (exact) mass is 133 g/mol. The van der Waals surface area contributed by atoms with Crippen LogP contribution in [0.15, 0.2) is 12.7 Å². The van der Waals surface area contributed by atoms with Crippen LogP contribution in [0.2, 0.25) is 0 Å². The van der Waals surface area contributed by atoms with Gasteiger partial charge in [0, 0.05) is 6.54 Å². The molecule has 0 aliphatic carbocycles. The van der Waals surface area contributed by atoms with E-state index in [1.165, 1.54) is 0 Å². The molecule has 0 aliphatic heterocycles. The first-order valence-electron chi connectivity index (χ1n) is 3.05. The van der Waals surface area contributed by atoms with E-state index in [2.05, 4.69) is 18.4 Å². The lowest BCUT2D eigenvalue weighted by Gasteiger charge is -2.12.